The number of oxazole rings is 1. The monoisotopic (exact) mass is 277 g/mol. The number of hydrogen-bond donors (Lipinski definition) is 0. The van der Waals surface area contributed by atoms with E-state index in [1.807, 2.05) is 24.3 Å². The summed E-state index contributed by atoms with van der Waals surface area (Å²) in [6.45, 7) is 0. The molecule has 2 aromatic heterocycles. The standard InChI is InChI=1S/C13H5Cl2NO2/c14-6-1-2-7-10(5-6)17-9-4-3-8-12(11(7)9)18-13(15)16-8/h1-5H. The molecule has 4 rings (SSSR count). The molecule has 2 heterocycles. The highest BCUT2D eigenvalue weighted by Crippen LogP contribution is 2.36. The summed E-state index contributed by atoms with van der Waals surface area (Å²) in [5.74, 6) is 0. The molecule has 5 heteroatoms. The van der Waals surface area contributed by atoms with Gasteiger partial charge in [0, 0.05) is 16.5 Å². The molecule has 0 aliphatic carbocycles. The van der Waals surface area contributed by atoms with Crippen LogP contribution >= 0.6 is 23.2 Å². The van der Waals surface area contributed by atoms with Gasteiger partial charge in [-0.05, 0) is 35.9 Å². The normalized spacial score (nSPS) is 11.9. The minimum Gasteiger partial charge on any atom is -0.456 e. The summed E-state index contributed by atoms with van der Waals surface area (Å²) in [7, 11) is 0. The first-order valence-corrected chi connectivity index (χ1v) is 6.05. The Kier molecular flexibility index (Phi) is 1.93. The van der Waals surface area contributed by atoms with Crippen LogP contribution in [0.1, 0.15) is 0 Å². The van der Waals surface area contributed by atoms with Crippen LogP contribution in [-0.2, 0) is 0 Å². The van der Waals surface area contributed by atoms with Gasteiger partial charge in [0.2, 0.25) is 0 Å². The highest BCUT2D eigenvalue weighted by atomic mass is 35.5. The van der Waals surface area contributed by atoms with Crippen LogP contribution < -0.4 is 0 Å². The molecule has 2 aromatic carbocycles. The lowest BCUT2D eigenvalue weighted by Crippen LogP contribution is -1.70. The minimum atomic E-state index is 0.126. The fourth-order valence-corrected chi connectivity index (χ4v) is 2.52. The summed E-state index contributed by atoms with van der Waals surface area (Å²) in [5.41, 5.74) is 2.80. The topological polar surface area (TPSA) is 39.2 Å². The molecule has 0 spiro atoms. The van der Waals surface area contributed by atoms with Crippen LogP contribution in [0, 0.1) is 0 Å². The zero-order valence-corrected chi connectivity index (χ0v) is 10.4. The van der Waals surface area contributed by atoms with E-state index in [4.69, 9.17) is 32.0 Å². The third-order valence-corrected chi connectivity index (χ3v) is 3.32. The van der Waals surface area contributed by atoms with E-state index in [0.29, 0.717) is 16.1 Å². The molecule has 3 nitrogen and oxygen atoms in total. The smallest absolute Gasteiger partial charge is 0.293 e. The van der Waals surface area contributed by atoms with Crippen LogP contribution in [-0.4, -0.2) is 4.98 Å². The fraction of sp³-hybridized carbons (Fsp3) is 0. The molecular weight excluding hydrogens is 273 g/mol. The van der Waals surface area contributed by atoms with Crippen LogP contribution in [0.25, 0.3) is 33.0 Å². The van der Waals surface area contributed by atoms with Crippen molar-refractivity contribution in [1.82, 2.24) is 4.98 Å². The molecule has 18 heavy (non-hydrogen) atoms. The molecule has 4 aromatic rings. The van der Waals surface area contributed by atoms with Crippen molar-refractivity contribution in [2.24, 2.45) is 0 Å². The zero-order valence-electron chi connectivity index (χ0n) is 8.91. The van der Waals surface area contributed by atoms with E-state index < -0.39 is 0 Å². The highest BCUT2D eigenvalue weighted by Gasteiger charge is 2.14. The largest absolute Gasteiger partial charge is 0.456 e. The van der Waals surface area contributed by atoms with Crippen LogP contribution in [0.3, 0.4) is 0 Å². The summed E-state index contributed by atoms with van der Waals surface area (Å²) < 4.78 is 11.2. The van der Waals surface area contributed by atoms with E-state index in [2.05, 4.69) is 4.98 Å². The first-order valence-electron chi connectivity index (χ1n) is 5.29. The van der Waals surface area contributed by atoms with Crippen molar-refractivity contribution in [3.05, 3.63) is 40.7 Å². The molecule has 0 amide bonds. The minimum absolute atomic E-state index is 0.126. The van der Waals surface area contributed by atoms with E-state index in [-0.39, 0.29) is 5.35 Å². The van der Waals surface area contributed by atoms with Gasteiger partial charge in [-0.1, -0.05) is 11.6 Å². The van der Waals surface area contributed by atoms with Crippen molar-refractivity contribution < 1.29 is 8.83 Å². The second-order valence-corrected chi connectivity index (χ2v) is 4.76. The number of halogens is 2. The van der Waals surface area contributed by atoms with Crippen molar-refractivity contribution in [3.63, 3.8) is 0 Å². The summed E-state index contributed by atoms with van der Waals surface area (Å²) in [5, 5.41) is 2.57. The van der Waals surface area contributed by atoms with Crippen LogP contribution in [0.4, 0.5) is 0 Å². The Morgan fingerprint density at radius 2 is 1.83 bits per heavy atom. The first kappa shape index (κ1) is 10.2. The number of rotatable bonds is 0. The quantitative estimate of drug-likeness (QED) is 0.452. The maximum Gasteiger partial charge on any atom is 0.293 e. The molecule has 88 valence electrons. The molecule has 0 N–H and O–H groups in total. The van der Waals surface area contributed by atoms with Gasteiger partial charge in [0.25, 0.3) is 5.35 Å². The van der Waals surface area contributed by atoms with Gasteiger partial charge in [0.1, 0.15) is 16.7 Å². The van der Waals surface area contributed by atoms with Gasteiger partial charge in [-0.25, -0.2) is 0 Å². The van der Waals surface area contributed by atoms with Crippen molar-refractivity contribution in [2.45, 2.75) is 0 Å². The van der Waals surface area contributed by atoms with Crippen molar-refractivity contribution >= 4 is 56.2 Å². The Labute approximate surface area is 111 Å². The summed E-state index contributed by atoms with van der Waals surface area (Å²) in [6.07, 6.45) is 0. The molecule has 0 radical (unpaired) electrons. The summed E-state index contributed by atoms with van der Waals surface area (Å²) >= 11 is 11.7. The molecule has 0 fully saturated rings. The Morgan fingerprint density at radius 1 is 0.944 bits per heavy atom. The zero-order chi connectivity index (χ0) is 12.3. The highest BCUT2D eigenvalue weighted by molar-refractivity contribution is 6.32. The molecular formula is C13H5Cl2NO2. The second kappa shape index (κ2) is 3.40. The number of hydrogen-bond acceptors (Lipinski definition) is 3. The Morgan fingerprint density at radius 3 is 2.72 bits per heavy atom. The molecule has 0 bridgehead atoms. The van der Waals surface area contributed by atoms with E-state index in [0.717, 1.165) is 21.9 Å². The number of nitrogens with zero attached hydrogens (tertiary/aromatic N) is 1. The van der Waals surface area contributed by atoms with E-state index in [1.165, 1.54) is 0 Å². The Balaban J connectivity index is 2.31. The van der Waals surface area contributed by atoms with Gasteiger partial charge < -0.3 is 8.83 Å². The molecule has 0 aliphatic rings. The van der Waals surface area contributed by atoms with E-state index in [1.54, 1.807) is 6.07 Å². The maximum atomic E-state index is 5.95. The van der Waals surface area contributed by atoms with Gasteiger partial charge in [0.05, 0.1) is 5.39 Å². The van der Waals surface area contributed by atoms with Crippen molar-refractivity contribution in [3.8, 4) is 0 Å². The Bertz CT molecular complexity index is 907. The van der Waals surface area contributed by atoms with E-state index >= 15 is 0 Å². The van der Waals surface area contributed by atoms with Crippen LogP contribution in [0.2, 0.25) is 10.4 Å². The summed E-state index contributed by atoms with van der Waals surface area (Å²) in [6, 6.07) is 9.16. The lowest BCUT2D eigenvalue weighted by Gasteiger charge is -1.90. The molecule has 0 saturated carbocycles. The molecule has 0 atom stereocenters. The first-order chi connectivity index (χ1) is 8.72. The number of benzene rings is 2. The number of aromatic nitrogens is 1. The van der Waals surface area contributed by atoms with Crippen LogP contribution in [0.5, 0.6) is 0 Å². The number of furan rings is 1. The average Bonchev–Trinajstić information content (AvgIpc) is 2.86. The fourth-order valence-electron chi connectivity index (χ4n) is 2.19. The van der Waals surface area contributed by atoms with E-state index in [9.17, 15) is 0 Å². The number of fused-ring (bicyclic) bond motifs is 5. The van der Waals surface area contributed by atoms with Gasteiger partial charge in [-0.15, -0.1) is 0 Å². The lowest BCUT2D eigenvalue weighted by atomic mass is 10.1. The van der Waals surface area contributed by atoms with Gasteiger partial charge in [0.15, 0.2) is 5.58 Å². The van der Waals surface area contributed by atoms with Gasteiger partial charge in [-0.3, -0.25) is 0 Å². The molecule has 0 aliphatic heterocycles. The maximum absolute atomic E-state index is 5.95. The Hall–Kier alpha value is -1.71. The molecule has 0 saturated heterocycles. The van der Waals surface area contributed by atoms with Crippen molar-refractivity contribution in [2.75, 3.05) is 0 Å². The average molecular weight is 278 g/mol. The van der Waals surface area contributed by atoms with Crippen molar-refractivity contribution in [1.29, 1.82) is 0 Å². The summed E-state index contributed by atoms with van der Waals surface area (Å²) in [4.78, 5) is 4.10. The molecule has 0 unspecified atom stereocenters. The predicted octanol–water partition coefficient (Wildman–Crippen LogP) is 5.03. The van der Waals surface area contributed by atoms with Crippen LogP contribution in [0.15, 0.2) is 39.2 Å². The third-order valence-electron chi connectivity index (χ3n) is 2.93. The van der Waals surface area contributed by atoms with Gasteiger partial charge >= 0.3 is 0 Å². The van der Waals surface area contributed by atoms with Gasteiger partial charge in [-0.2, -0.15) is 4.98 Å². The predicted molar refractivity (Wildman–Crippen MR) is 71.3 cm³/mol. The second-order valence-electron chi connectivity index (χ2n) is 4.00. The third kappa shape index (κ3) is 1.29. The lowest BCUT2D eigenvalue weighted by molar-refractivity contribution is 0.607. The SMILES string of the molecule is Clc1ccc2c(c1)oc1ccc3nc(Cl)oc3c12.